The molecule has 586 valence electrons. The van der Waals surface area contributed by atoms with E-state index in [0.29, 0.717) is 97.7 Å². The number of hydrogen-bond acceptors (Lipinski definition) is 14. The zero-order valence-electron chi connectivity index (χ0n) is 65.1. The van der Waals surface area contributed by atoms with Crippen LogP contribution in [0.25, 0.3) is 0 Å². The summed E-state index contributed by atoms with van der Waals surface area (Å²) >= 11 is 0. The summed E-state index contributed by atoms with van der Waals surface area (Å²) in [5, 5.41) is 58.9. The molecule has 5 heterocycles. The first-order valence-corrected chi connectivity index (χ1v) is 38.6. The second-order valence-corrected chi connectivity index (χ2v) is 29.6. The van der Waals surface area contributed by atoms with Crippen LogP contribution in [0.3, 0.4) is 0 Å². The molecular weight excluding hydrogens is 1390 g/mol. The molecule has 5 aromatic carbocycles. The molecule has 110 heavy (non-hydrogen) atoms. The van der Waals surface area contributed by atoms with Crippen molar-refractivity contribution < 1.29 is 43.0 Å². The Morgan fingerprint density at radius 1 is 0.391 bits per heavy atom. The Morgan fingerprint density at radius 2 is 0.664 bits per heavy atom. The van der Waals surface area contributed by atoms with Crippen LogP contribution in [0.15, 0.2) is 152 Å². The van der Waals surface area contributed by atoms with E-state index in [0.717, 1.165) is 96.3 Å². The number of nitriles is 5. The van der Waals surface area contributed by atoms with Gasteiger partial charge in [-0.1, -0.05) is 152 Å². The second-order valence-electron chi connectivity index (χ2n) is 29.6. The molecule has 10 rings (SSSR count). The fourth-order valence-electron chi connectivity index (χ4n) is 14.2. The molecule has 5 fully saturated rings. The number of piperidine rings is 5. The van der Waals surface area contributed by atoms with Crippen LogP contribution < -0.4 is 27.0 Å². The molecule has 24 nitrogen and oxygen atoms in total. The first-order valence-electron chi connectivity index (χ1n) is 38.6. The van der Waals surface area contributed by atoms with Crippen LogP contribution in [-0.2, 0) is 51.2 Å². The van der Waals surface area contributed by atoms with Crippen molar-refractivity contribution in [3.8, 4) is 30.3 Å². The molecule has 5 aliphatic heterocycles. The number of carbonyl (C=O) groups is 7. The minimum Gasteiger partial charge on any atom is -0.469 e. The number of aryl methyl sites for hydroxylation is 4. The summed E-state index contributed by atoms with van der Waals surface area (Å²) in [5.41, 5.74) is 9.80. The van der Waals surface area contributed by atoms with Crippen molar-refractivity contribution in [2.75, 3.05) is 99.3 Å². The highest BCUT2D eigenvalue weighted by Gasteiger charge is 2.41. The predicted octanol–water partition coefficient (Wildman–Crippen LogP) is 12.8. The number of nitrogens with zero attached hydrogens (tertiary/aromatic N) is 10. The van der Waals surface area contributed by atoms with E-state index in [4.69, 9.17) is 5.73 Å². The number of carbonyl (C=O) groups excluding carboxylic acids is 7. The molecule has 10 amide bonds. The minimum atomic E-state index is -0.477. The van der Waals surface area contributed by atoms with Crippen LogP contribution in [0.2, 0.25) is 0 Å². The third-order valence-corrected chi connectivity index (χ3v) is 21.8. The van der Waals surface area contributed by atoms with E-state index in [1.54, 1.807) is 14.7 Å². The van der Waals surface area contributed by atoms with E-state index in [1.807, 2.05) is 122 Å². The molecule has 0 radical (unpaired) electrons. The van der Waals surface area contributed by atoms with Gasteiger partial charge < -0.3 is 61.0 Å². The summed E-state index contributed by atoms with van der Waals surface area (Å²) in [6, 6.07) is 62.7. The van der Waals surface area contributed by atoms with Gasteiger partial charge in [-0.3, -0.25) is 9.59 Å². The molecule has 0 bridgehead atoms. The normalized spacial score (nSPS) is 16.8. The van der Waals surface area contributed by atoms with Crippen molar-refractivity contribution in [2.45, 2.75) is 155 Å². The van der Waals surface area contributed by atoms with Gasteiger partial charge in [-0.2, -0.15) is 26.3 Å². The lowest BCUT2D eigenvalue weighted by atomic mass is 9.75. The maximum atomic E-state index is 12.1. The van der Waals surface area contributed by atoms with Gasteiger partial charge in [0.15, 0.2) is 0 Å². The number of nitrogens with one attached hydrogen (secondary N) is 4. The highest BCUT2D eigenvalue weighted by atomic mass is 16.5. The third-order valence-electron chi connectivity index (χ3n) is 21.8. The number of urea groups is 5. The molecule has 24 heteroatoms. The molecule has 5 aromatic rings. The van der Waals surface area contributed by atoms with Crippen molar-refractivity contribution >= 4 is 42.1 Å². The predicted molar refractivity (Wildman–Crippen MR) is 421 cm³/mol. The van der Waals surface area contributed by atoms with E-state index in [9.17, 15) is 59.9 Å². The molecule has 5 saturated heterocycles. The Balaban J connectivity index is 0.000000215. The Kier molecular flexibility index (Phi) is 36.4. The molecule has 0 saturated carbocycles. The van der Waals surface area contributed by atoms with E-state index in [-0.39, 0.29) is 88.8 Å². The van der Waals surface area contributed by atoms with Gasteiger partial charge >= 0.3 is 42.1 Å². The summed E-state index contributed by atoms with van der Waals surface area (Å²) in [4.78, 5) is 89.8. The van der Waals surface area contributed by atoms with E-state index < -0.39 is 5.97 Å². The SMILES string of the molecule is CC(C)NC(=O)N1CCC(C#N)(Cc2ccccc2)CC1.CCNC(=O)N1CCC(C#N)(CCc2ccccc2)CC1.COC(=O)CCNC(=O)N1CCC(C#N)(CCc2ccccc2)CC1.COC(=O)CNC(=O)N1CCC(C#N)(CCc2ccccc2)CC1.N#CC1(CCc2ccccc2)CCN(C(N)=O)CC1. The van der Waals surface area contributed by atoms with Gasteiger partial charge in [0.05, 0.1) is 78.1 Å². The van der Waals surface area contributed by atoms with Crippen molar-refractivity contribution in [3.05, 3.63) is 179 Å². The zero-order chi connectivity index (χ0) is 79.7. The summed E-state index contributed by atoms with van der Waals surface area (Å²) in [5.74, 6) is -0.821. The van der Waals surface area contributed by atoms with Crippen LogP contribution in [0.4, 0.5) is 24.0 Å². The van der Waals surface area contributed by atoms with Gasteiger partial charge in [-0.15, -0.1) is 0 Å². The number of nitrogens with two attached hydrogens (primary N) is 1. The molecule has 6 N–H and O–H groups in total. The van der Waals surface area contributed by atoms with Gasteiger partial charge in [0.25, 0.3) is 0 Å². The molecule has 0 atom stereocenters. The maximum absolute atomic E-state index is 12.1. The lowest BCUT2D eigenvalue weighted by Gasteiger charge is -2.37. The largest absolute Gasteiger partial charge is 0.469 e. The Labute approximate surface area is 651 Å². The van der Waals surface area contributed by atoms with Crippen molar-refractivity contribution in [2.24, 2.45) is 32.8 Å². The molecule has 0 aliphatic carbocycles. The van der Waals surface area contributed by atoms with Gasteiger partial charge in [0, 0.05) is 84.6 Å². The number of likely N-dealkylation sites (tertiary alicyclic amines) is 5. The molecule has 0 aromatic heterocycles. The van der Waals surface area contributed by atoms with Crippen molar-refractivity contribution in [3.63, 3.8) is 0 Å². The van der Waals surface area contributed by atoms with E-state index in [1.165, 1.54) is 42.0 Å². The zero-order valence-corrected chi connectivity index (χ0v) is 65.1. The highest BCUT2D eigenvalue weighted by Crippen LogP contribution is 2.40. The van der Waals surface area contributed by atoms with Crippen LogP contribution in [0.5, 0.6) is 0 Å². The van der Waals surface area contributed by atoms with Crippen LogP contribution >= 0.6 is 0 Å². The number of methoxy groups -OCH3 is 2. The number of hydrogen-bond donors (Lipinski definition) is 5. The topological polar surface area (TPSA) is 347 Å². The Bertz CT molecular complexity index is 3870. The van der Waals surface area contributed by atoms with Crippen LogP contribution in [-0.4, -0.2) is 172 Å². The quantitative estimate of drug-likeness (QED) is 0.0427. The van der Waals surface area contributed by atoms with Crippen molar-refractivity contribution in [1.82, 2.24) is 45.8 Å². The first kappa shape index (κ1) is 87.7. The Hall–Kier alpha value is -11.2. The lowest BCUT2D eigenvalue weighted by molar-refractivity contribution is -0.140. The number of ether oxygens (including phenoxy) is 2. The maximum Gasteiger partial charge on any atom is 0.325 e. The number of esters is 2. The van der Waals surface area contributed by atoms with Gasteiger partial charge in [0.1, 0.15) is 6.54 Å². The van der Waals surface area contributed by atoms with Gasteiger partial charge in [-0.25, -0.2) is 24.0 Å². The second kappa shape index (κ2) is 45.6. The lowest BCUT2D eigenvalue weighted by Crippen LogP contribution is -2.49. The summed E-state index contributed by atoms with van der Waals surface area (Å²) < 4.78 is 9.04. The van der Waals surface area contributed by atoms with Crippen LogP contribution in [0, 0.1) is 83.7 Å². The fraction of sp³-hybridized carbons (Fsp3) is 0.512. The van der Waals surface area contributed by atoms with Gasteiger partial charge in [0.2, 0.25) is 0 Å². The average molecular weight is 1500 g/mol. The molecular formula is C86H113N15O9. The monoisotopic (exact) mass is 1500 g/mol. The number of rotatable bonds is 21. The first-order chi connectivity index (χ1) is 53.0. The third kappa shape index (κ3) is 29.1. The smallest absolute Gasteiger partial charge is 0.325 e. The average Bonchev–Trinajstić information content (AvgIpc) is 0.856. The van der Waals surface area contributed by atoms with E-state index >= 15 is 0 Å². The number of amides is 10. The summed E-state index contributed by atoms with van der Waals surface area (Å²) in [7, 11) is 2.61. The number of primary amides is 1. The highest BCUT2D eigenvalue weighted by molar-refractivity contribution is 5.81. The summed E-state index contributed by atoms with van der Waals surface area (Å²) in [6.07, 6.45) is 15.0. The van der Waals surface area contributed by atoms with Crippen LogP contribution in [0.1, 0.15) is 145 Å². The minimum absolute atomic E-state index is 0.00732. The molecule has 0 unspecified atom stereocenters. The molecule has 0 spiro atoms. The fourth-order valence-corrected chi connectivity index (χ4v) is 14.2. The number of benzene rings is 5. The summed E-state index contributed by atoms with van der Waals surface area (Å²) in [6.45, 7) is 12.6. The van der Waals surface area contributed by atoms with Crippen molar-refractivity contribution in [1.29, 1.82) is 26.3 Å². The Morgan fingerprint density at radius 3 is 0.945 bits per heavy atom. The standard InChI is InChI=1S/C19H25N3O3.C18H23N3O3.2C17H23N3O.C15H19N3O/c1-25-17(23)8-12-21-18(24)22-13-10-19(15-20,11-14-22)9-7-16-5-3-2-4-6-16;1-24-16(22)13-20-17(23)21-11-9-18(14-19,10-12-21)8-7-15-5-3-2-4-6-15;1-14(2)19-16(21)20-10-8-17(13-18,9-11-20)12-15-6-4-3-5-7-15;1-2-19-16(21)20-12-10-17(14-18,11-13-20)9-8-15-6-4-3-5-7-15;16-12-15(7-6-13-4-2-1-3-5-13)8-10-18(11-9-15)14(17)19/h2-6H,7-14H2,1H3,(H,21,24);2-6H,7-13H2,1H3,(H,20,23);3-7,14H,8-12H2,1-2H3,(H,19,21);3-7H,2,8-13H2,1H3,(H,19,21);1-5H,6-11H2,(H2,17,19). The van der Waals surface area contributed by atoms with E-state index in [2.05, 4.69) is 122 Å². The van der Waals surface area contributed by atoms with Gasteiger partial charge in [-0.05, 0) is 171 Å². The molecule has 5 aliphatic rings.